The largest absolute Gasteiger partial charge is 0.497 e. The number of nitrogens with one attached hydrogen (secondary N) is 1. The van der Waals surface area contributed by atoms with Gasteiger partial charge in [0.25, 0.3) is 0 Å². The van der Waals surface area contributed by atoms with Crippen molar-refractivity contribution in [1.29, 1.82) is 0 Å². The van der Waals surface area contributed by atoms with Crippen molar-refractivity contribution in [3.8, 4) is 5.75 Å². The summed E-state index contributed by atoms with van der Waals surface area (Å²) in [5.74, 6) is 0.920. The number of allylic oxidation sites excluding steroid dienone is 2. The summed E-state index contributed by atoms with van der Waals surface area (Å²) in [6.07, 6.45) is 10.3. The summed E-state index contributed by atoms with van der Waals surface area (Å²) in [5.41, 5.74) is 4.52. The number of hydrogen-bond acceptors (Lipinski definition) is 6. The number of carbonyl (C=O) groups excluding carboxylic acids is 1. The number of carboxylic acid groups (broad SMARTS) is 1. The Balaban J connectivity index is 1.19. The van der Waals surface area contributed by atoms with Gasteiger partial charge < -0.3 is 15.2 Å². The maximum Gasteiger partial charge on any atom is 0.397 e. The van der Waals surface area contributed by atoms with Crippen molar-refractivity contribution in [1.82, 2.24) is 5.32 Å². The smallest absolute Gasteiger partial charge is 0.397 e. The summed E-state index contributed by atoms with van der Waals surface area (Å²) in [4.78, 5) is 25.1. The van der Waals surface area contributed by atoms with E-state index in [2.05, 4.69) is 32.7 Å². The summed E-state index contributed by atoms with van der Waals surface area (Å²) in [6.45, 7) is 13.3. The molecule has 9 nitrogen and oxygen atoms in total. The fourth-order valence-corrected chi connectivity index (χ4v) is 10.6. The normalized spacial score (nSPS) is 32.3. The number of carbonyl (C=O) groups is 2. The average molecular weight is 672 g/mol. The zero-order chi connectivity index (χ0) is 34.3. The highest BCUT2D eigenvalue weighted by atomic mass is 32.3. The fourth-order valence-electron chi connectivity index (χ4n) is 10.1. The maximum atomic E-state index is 13.1. The third-order valence-corrected chi connectivity index (χ3v) is 13.4. The van der Waals surface area contributed by atoms with Crippen molar-refractivity contribution < 1.29 is 36.6 Å². The molecule has 10 heteroatoms. The summed E-state index contributed by atoms with van der Waals surface area (Å²) < 4.78 is 42.2. The number of amides is 1. The lowest BCUT2D eigenvalue weighted by Crippen LogP contribution is -2.48. The average Bonchev–Trinajstić information content (AvgIpc) is 3.38. The van der Waals surface area contributed by atoms with Gasteiger partial charge in [-0.1, -0.05) is 57.6 Å². The number of fused-ring (bicyclic) bond motifs is 4. The minimum Gasteiger partial charge on any atom is -0.497 e. The summed E-state index contributed by atoms with van der Waals surface area (Å²) in [7, 11) is -2.90. The van der Waals surface area contributed by atoms with Gasteiger partial charge in [0.1, 0.15) is 5.75 Å². The number of carboxylic acids is 1. The van der Waals surface area contributed by atoms with Gasteiger partial charge in [-0.25, -0.2) is 8.98 Å². The van der Waals surface area contributed by atoms with E-state index in [1.807, 2.05) is 6.92 Å². The molecule has 5 unspecified atom stereocenters. The zero-order valence-electron chi connectivity index (χ0n) is 28.6. The van der Waals surface area contributed by atoms with Crippen LogP contribution in [0.2, 0.25) is 0 Å². The quantitative estimate of drug-likeness (QED) is 0.118. The number of rotatable bonds is 12. The summed E-state index contributed by atoms with van der Waals surface area (Å²) >= 11 is 0. The first-order valence-electron chi connectivity index (χ1n) is 17.3. The van der Waals surface area contributed by atoms with Crippen LogP contribution < -0.4 is 10.1 Å². The van der Waals surface area contributed by atoms with Crippen LogP contribution in [0.4, 0.5) is 0 Å². The Bertz CT molecular complexity index is 1500. The molecule has 0 saturated heterocycles. The third kappa shape index (κ3) is 7.20. The Kier molecular flexibility index (Phi) is 10.4. The molecular formula is C37H53NO8S. The van der Waals surface area contributed by atoms with E-state index in [0.717, 1.165) is 51.4 Å². The first-order valence-corrected chi connectivity index (χ1v) is 18.7. The Labute approximate surface area is 280 Å². The van der Waals surface area contributed by atoms with Crippen LogP contribution in [0.5, 0.6) is 5.75 Å². The van der Waals surface area contributed by atoms with E-state index in [1.165, 1.54) is 6.42 Å². The molecule has 0 heterocycles. The molecule has 0 aliphatic heterocycles. The predicted molar refractivity (Wildman–Crippen MR) is 180 cm³/mol. The van der Waals surface area contributed by atoms with Gasteiger partial charge in [0.05, 0.1) is 13.2 Å². The molecule has 9 atom stereocenters. The van der Waals surface area contributed by atoms with Gasteiger partial charge in [-0.15, -0.1) is 0 Å². The summed E-state index contributed by atoms with van der Waals surface area (Å²) in [6, 6.07) is 5.47. The van der Waals surface area contributed by atoms with E-state index in [0.29, 0.717) is 53.4 Å². The lowest BCUT2D eigenvalue weighted by molar-refractivity contribution is -0.141. The first kappa shape index (κ1) is 35.6. The second-order valence-electron chi connectivity index (χ2n) is 15.3. The number of ether oxygens (including phenoxy) is 1. The highest BCUT2D eigenvalue weighted by Gasteiger charge is 2.56. The van der Waals surface area contributed by atoms with Crippen LogP contribution in [0.3, 0.4) is 0 Å². The summed E-state index contributed by atoms with van der Waals surface area (Å²) in [5, 5.41) is 12.5. The first-order chi connectivity index (χ1) is 22.1. The van der Waals surface area contributed by atoms with Crippen LogP contribution in [-0.2, 0) is 24.2 Å². The molecule has 5 rings (SSSR count). The molecule has 3 fully saturated rings. The molecule has 4 aliphatic rings. The molecule has 3 saturated carbocycles. The number of hydrogen-bond donors (Lipinski definition) is 3. The predicted octanol–water partition coefficient (Wildman–Crippen LogP) is 7.46. The standard InChI is InChI=1S/C37H53NO8S/c1-22(24(3)34(39)38-33(35(40)41)25-9-12-27(45-6)13-10-25)7-8-23(2)30-15-16-31-29-14-11-26-21-28(46-47(42,43)44)17-19-36(26,4)32(29)18-20-37(30,31)5/h9-10,12-13,22-23,26,28,30,32-33H,3,7-8,11,14-21H2,1-2,4-6H3,(H,38,39)(H,40,41)(H,42,43,44)/t22?,23?,26?,28-,30+,32?,33?,36-,37+/m0/s1. The molecule has 0 radical (unpaired) electrons. The SMILES string of the molecule is C=C(C(=O)NC(C(=O)O)c1ccc(OC)cc1)C(C)CCC(C)[C@H]1CCC2=C3CCC4C[C@@H](OS(=O)(=O)O)CC[C@]4(C)C3CC[C@@]21C. The fraction of sp³-hybridized carbons (Fsp3) is 0.676. The Morgan fingerprint density at radius 1 is 1.04 bits per heavy atom. The zero-order valence-corrected chi connectivity index (χ0v) is 29.4. The second kappa shape index (κ2) is 13.7. The molecule has 1 amide bonds. The monoisotopic (exact) mass is 671 g/mol. The van der Waals surface area contributed by atoms with E-state index in [9.17, 15) is 27.7 Å². The Morgan fingerprint density at radius 3 is 2.38 bits per heavy atom. The van der Waals surface area contributed by atoms with Gasteiger partial charge in [0.2, 0.25) is 5.91 Å². The Hall–Kier alpha value is -2.69. The van der Waals surface area contributed by atoms with Crippen molar-refractivity contribution >= 4 is 22.3 Å². The van der Waals surface area contributed by atoms with Gasteiger partial charge in [0.15, 0.2) is 6.04 Å². The minimum absolute atomic E-state index is 0.0827. The van der Waals surface area contributed by atoms with Crippen LogP contribution in [-0.4, -0.2) is 43.2 Å². The second-order valence-corrected chi connectivity index (χ2v) is 16.4. The van der Waals surface area contributed by atoms with Crippen molar-refractivity contribution in [2.75, 3.05) is 7.11 Å². The van der Waals surface area contributed by atoms with E-state index < -0.39 is 34.4 Å². The molecule has 1 aromatic carbocycles. The molecule has 4 aliphatic carbocycles. The van der Waals surface area contributed by atoms with Gasteiger partial charge in [-0.3, -0.25) is 9.35 Å². The van der Waals surface area contributed by atoms with E-state index in [-0.39, 0.29) is 16.7 Å². The van der Waals surface area contributed by atoms with Crippen LogP contribution in [0.25, 0.3) is 0 Å². The van der Waals surface area contributed by atoms with Crippen molar-refractivity contribution in [2.45, 2.75) is 110 Å². The minimum atomic E-state index is -4.44. The highest BCUT2D eigenvalue weighted by molar-refractivity contribution is 7.80. The molecule has 0 aromatic heterocycles. The molecule has 0 spiro atoms. The van der Waals surface area contributed by atoms with E-state index in [4.69, 9.17) is 8.92 Å². The maximum absolute atomic E-state index is 13.1. The highest BCUT2D eigenvalue weighted by Crippen LogP contribution is 2.66. The lowest BCUT2D eigenvalue weighted by Gasteiger charge is -2.57. The van der Waals surface area contributed by atoms with Crippen LogP contribution in [0.15, 0.2) is 47.6 Å². The van der Waals surface area contributed by atoms with Gasteiger partial charge in [-0.05, 0) is 129 Å². The van der Waals surface area contributed by atoms with Crippen molar-refractivity contribution in [3.63, 3.8) is 0 Å². The topological polar surface area (TPSA) is 139 Å². The van der Waals surface area contributed by atoms with Gasteiger partial charge >= 0.3 is 16.4 Å². The lowest BCUT2D eigenvalue weighted by atomic mass is 9.49. The molecule has 47 heavy (non-hydrogen) atoms. The molecule has 1 aromatic rings. The van der Waals surface area contributed by atoms with E-state index in [1.54, 1.807) is 42.5 Å². The molecular weight excluding hydrogens is 618 g/mol. The number of methoxy groups -OCH3 is 1. The Morgan fingerprint density at radius 2 is 1.74 bits per heavy atom. The van der Waals surface area contributed by atoms with E-state index >= 15 is 0 Å². The van der Waals surface area contributed by atoms with Crippen LogP contribution in [0.1, 0.15) is 110 Å². The van der Waals surface area contributed by atoms with Gasteiger partial charge in [-0.2, -0.15) is 8.42 Å². The van der Waals surface area contributed by atoms with Crippen LogP contribution in [0, 0.1) is 40.4 Å². The number of benzene rings is 1. The number of aliphatic carboxylic acids is 1. The van der Waals surface area contributed by atoms with Crippen molar-refractivity contribution in [3.05, 3.63) is 53.1 Å². The molecule has 0 bridgehead atoms. The van der Waals surface area contributed by atoms with Crippen molar-refractivity contribution in [2.24, 2.45) is 40.4 Å². The molecule has 3 N–H and O–H groups in total. The third-order valence-electron chi connectivity index (χ3n) is 12.9. The molecule has 260 valence electrons. The van der Waals surface area contributed by atoms with Crippen LogP contribution >= 0.6 is 0 Å². The van der Waals surface area contributed by atoms with Gasteiger partial charge in [0, 0.05) is 5.57 Å².